The van der Waals surface area contributed by atoms with Crippen LogP contribution in [0.5, 0.6) is 0 Å². The Balaban J connectivity index is 1.47. The van der Waals surface area contributed by atoms with Crippen molar-refractivity contribution in [3.05, 3.63) is 71.3 Å². The molecule has 0 radical (unpaired) electrons. The highest BCUT2D eigenvalue weighted by molar-refractivity contribution is 5.94. The van der Waals surface area contributed by atoms with Crippen LogP contribution >= 0.6 is 0 Å². The van der Waals surface area contributed by atoms with Gasteiger partial charge in [0.2, 0.25) is 5.91 Å². The highest BCUT2D eigenvalue weighted by Gasteiger charge is 2.29. The minimum Gasteiger partial charge on any atom is -0.352 e. The molecule has 1 saturated heterocycles. The molecular weight excluding hydrogens is 324 g/mol. The van der Waals surface area contributed by atoms with Gasteiger partial charge in [-0.3, -0.25) is 9.59 Å². The lowest BCUT2D eigenvalue weighted by Crippen LogP contribution is -2.31. The minimum absolute atomic E-state index is 0.0863. The molecule has 0 saturated carbocycles. The molecule has 2 aromatic rings. The summed E-state index contributed by atoms with van der Waals surface area (Å²) >= 11 is 0. The minimum atomic E-state index is -0.0863. The first kappa shape index (κ1) is 18.2. The quantitative estimate of drug-likeness (QED) is 0.804. The van der Waals surface area contributed by atoms with E-state index in [-0.39, 0.29) is 17.9 Å². The molecule has 2 amide bonds. The van der Waals surface area contributed by atoms with Crippen LogP contribution in [0.1, 0.15) is 53.2 Å². The second-order valence-electron chi connectivity index (χ2n) is 6.88. The third-order valence-electron chi connectivity index (χ3n) is 4.92. The monoisotopic (exact) mass is 350 g/mol. The summed E-state index contributed by atoms with van der Waals surface area (Å²) in [5.41, 5.74) is 3.11. The fourth-order valence-electron chi connectivity index (χ4n) is 3.48. The molecule has 1 fully saturated rings. The van der Waals surface area contributed by atoms with Crippen LogP contribution in [0.15, 0.2) is 54.6 Å². The van der Waals surface area contributed by atoms with E-state index < -0.39 is 0 Å². The summed E-state index contributed by atoms with van der Waals surface area (Å²) in [7, 11) is 0. The average molecular weight is 350 g/mol. The number of hydrogen-bond donors (Lipinski definition) is 1. The van der Waals surface area contributed by atoms with Crippen molar-refractivity contribution in [1.82, 2.24) is 10.2 Å². The second-order valence-corrected chi connectivity index (χ2v) is 6.88. The Labute approximate surface area is 155 Å². The largest absolute Gasteiger partial charge is 0.352 e. The van der Waals surface area contributed by atoms with E-state index in [1.165, 1.54) is 11.1 Å². The Morgan fingerprint density at radius 1 is 1.08 bits per heavy atom. The van der Waals surface area contributed by atoms with Crippen LogP contribution in [-0.4, -0.2) is 29.8 Å². The van der Waals surface area contributed by atoms with E-state index in [1.54, 1.807) is 12.1 Å². The number of carbonyl (C=O) groups is 2. The van der Waals surface area contributed by atoms with Crippen molar-refractivity contribution in [3.63, 3.8) is 0 Å². The molecule has 0 bridgehead atoms. The van der Waals surface area contributed by atoms with Crippen molar-refractivity contribution in [2.75, 3.05) is 13.1 Å². The number of likely N-dealkylation sites (tertiary alicyclic amines) is 1. The molecular formula is C22H26N2O2. The number of nitrogens with one attached hydrogen (secondary N) is 1. The maximum absolute atomic E-state index is 12.6. The van der Waals surface area contributed by atoms with Crippen LogP contribution in [-0.2, 0) is 4.79 Å². The molecule has 136 valence electrons. The topological polar surface area (TPSA) is 49.4 Å². The number of nitrogens with zero attached hydrogens (tertiary/aromatic N) is 1. The van der Waals surface area contributed by atoms with E-state index in [0.717, 1.165) is 19.4 Å². The van der Waals surface area contributed by atoms with Gasteiger partial charge in [-0.05, 0) is 43.9 Å². The molecule has 4 heteroatoms. The van der Waals surface area contributed by atoms with Gasteiger partial charge in [0.1, 0.15) is 0 Å². The fraction of sp³-hybridized carbons (Fsp3) is 0.364. The Morgan fingerprint density at radius 3 is 2.54 bits per heavy atom. The van der Waals surface area contributed by atoms with Crippen LogP contribution in [0.4, 0.5) is 0 Å². The van der Waals surface area contributed by atoms with Gasteiger partial charge in [-0.2, -0.15) is 0 Å². The molecule has 1 aliphatic heterocycles. The van der Waals surface area contributed by atoms with Crippen molar-refractivity contribution in [2.24, 2.45) is 0 Å². The van der Waals surface area contributed by atoms with Gasteiger partial charge in [0.15, 0.2) is 0 Å². The molecule has 26 heavy (non-hydrogen) atoms. The van der Waals surface area contributed by atoms with Crippen LogP contribution in [0, 0.1) is 6.92 Å². The number of benzene rings is 2. The van der Waals surface area contributed by atoms with Crippen molar-refractivity contribution in [3.8, 4) is 0 Å². The van der Waals surface area contributed by atoms with Crippen molar-refractivity contribution in [1.29, 1.82) is 0 Å². The molecule has 2 aromatic carbocycles. The van der Waals surface area contributed by atoms with E-state index >= 15 is 0 Å². The fourth-order valence-corrected chi connectivity index (χ4v) is 3.48. The maximum atomic E-state index is 12.6. The maximum Gasteiger partial charge on any atom is 0.251 e. The Bertz CT molecular complexity index is 740. The SMILES string of the molecule is Cc1ccc(C2CCCN2C(=O)CCCNC(=O)c2ccccc2)cc1. The smallest absolute Gasteiger partial charge is 0.251 e. The number of amides is 2. The molecule has 1 heterocycles. The zero-order valence-corrected chi connectivity index (χ0v) is 15.3. The number of hydrogen-bond acceptors (Lipinski definition) is 2. The van der Waals surface area contributed by atoms with Crippen molar-refractivity contribution < 1.29 is 9.59 Å². The van der Waals surface area contributed by atoms with Crippen molar-refractivity contribution >= 4 is 11.8 Å². The van der Waals surface area contributed by atoms with Crippen LogP contribution in [0.3, 0.4) is 0 Å². The lowest BCUT2D eigenvalue weighted by atomic mass is 10.0. The molecule has 1 N–H and O–H groups in total. The Hall–Kier alpha value is -2.62. The lowest BCUT2D eigenvalue weighted by Gasteiger charge is -2.25. The normalized spacial score (nSPS) is 16.5. The van der Waals surface area contributed by atoms with E-state index in [4.69, 9.17) is 0 Å². The molecule has 4 nitrogen and oxygen atoms in total. The summed E-state index contributed by atoms with van der Waals surface area (Å²) < 4.78 is 0. The van der Waals surface area contributed by atoms with Crippen LogP contribution in [0.2, 0.25) is 0 Å². The third kappa shape index (κ3) is 4.51. The molecule has 0 spiro atoms. The number of aryl methyl sites for hydroxylation is 1. The third-order valence-corrected chi connectivity index (χ3v) is 4.92. The van der Waals surface area contributed by atoms with Crippen molar-refractivity contribution in [2.45, 2.75) is 38.6 Å². The van der Waals surface area contributed by atoms with Gasteiger partial charge in [0.25, 0.3) is 5.91 Å². The zero-order chi connectivity index (χ0) is 18.4. The van der Waals surface area contributed by atoms with Gasteiger partial charge in [-0.1, -0.05) is 48.0 Å². The standard InChI is InChI=1S/C22H26N2O2/c1-17-11-13-18(14-12-17)20-9-6-16-24(20)21(25)10-5-15-23-22(26)19-7-3-2-4-8-19/h2-4,7-8,11-14,20H,5-6,9-10,15-16H2,1H3,(H,23,26). The molecule has 1 unspecified atom stereocenters. The van der Waals surface area contributed by atoms with Crippen LogP contribution < -0.4 is 5.32 Å². The molecule has 3 rings (SSSR count). The zero-order valence-electron chi connectivity index (χ0n) is 15.3. The summed E-state index contributed by atoms with van der Waals surface area (Å²) in [5.74, 6) is 0.0961. The summed E-state index contributed by atoms with van der Waals surface area (Å²) in [6.45, 7) is 3.42. The van der Waals surface area contributed by atoms with E-state index in [2.05, 4.69) is 36.5 Å². The van der Waals surface area contributed by atoms with Crippen LogP contribution in [0.25, 0.3) is 0 Å². The summed E-state index contributed by atoms with van der Waals surface area (Å²) in [4.78, 5) is 26.6. The summed E-state index contributed by atoms with van der Waals surface area (Å²) in [5, 5.41) is 2.88. The van der Waals surface area contributed by atoms with Gasteiger partial charge < -0.3 is 10.2 Å². The predicted molar refractivity (Wildman–Crippen MR) is 103 cm³/mol. The average Bonchev–Trinajstić information content (AvgIpc) is 3.16. The molecule has 0 aliphatic carbocycles. The molecule has 1 atom stereocenters. The Kier molecular flexibility index (Phi) is 6.05. The van der Waals surface area contributed by atoms with E-state index in [0.29, 0.717) is 24.9 Å². The highest BCUT2D eigenvalue weighted by atomic mass is 16.2. The first-order chi connectivity index (χ1) is 12.6. The summed E-state index contributed by atoms with van der Waals surface area (Å²) in [6, 6.07) is 17.8. The van der Waals surface area contributed by atoms with E-state index in [1.807, 2.05) is 23.1 Å². The first-order valence-corrected chi connectivity index (χ1v) is 9.34. The highest BCUT2D eigenvalue weighted by Crippen LogP contribution is 2.32. The lowest BCUT2D eigenvalue weighted by molar-refractivity contribution is -0.132. The number of rotatable bonds is 6. The van der Waals surface area contributed by atoms with E-state index in [9.17, 15) is 9.59 Å². The van der Waals surface area contributed by atoms with Gasteiger partial charge >= 0.3 is 0 Å². The second kappa shape index (κ2) is 8.65. The van der Waals surface area contributed by atoms with Gasteiger partial charge in [0.05, 0.1) is 6.04 Å². The van der Waals surface area contributed by atoms with Gasteiger partial charge in [-0.25, -0.2) is 0 Å². The summed E-state index contributed by atoms with van der Waals surface area (Å²) in [6.07, 6.45) is 3.21. The molecule has 1 aliphatic rings. The predicted octanol–water partition coefficient (Wildman–Crippen LogP) is 3.87. The van der Waals surface area contributed by atoms with Gasteiger partial charge in [0, 0.05) is 25.1 Å². The Morgan fingerprint density at radius 2 is 1.81 bits per heavy atom. The first-order valence-electron chi connectivity index (χ1n) is 9.34. The molecule has 0 aromatic heterocycles. The van der Waals surface area contributed by atoms with Gasteiger partial charge in [-0.15, -0.1) is 0 Å². The number of carbonyl (C=O) groups excluding carboxylic acids is 2.